The van der Waals surface area contributed by atoms with Crippen LogP contribution in [0.1, 0.15) is 17.6 Å². The van der Waals surface area contributed by atoms with Crippen molar-refractivity contribution in [2.45, 2.75) is 19.9 Å². The van der Waals surface area contributed by atoms with Crippen LogP contribution in [0.5, 0.6) is 5.75 Å². The molecule has 1 aliphatic heterocycles. The molecule has 22 heavy (non-hydrogen) atoms. The molecule has 2 aromatic rings. The maximum atomic E-state index is 5.31. The van der Waals surface area contributed by atoms with Gasteiger partial charge in [0.15, 0.2) is 0 Å². The minimum atomic E-state index is 0.925. The van der Waals surface area contributed by atoms with Gasteiger partial charge in [-0.25, -0.2) is 4.98 Å². The van der Waals surface area contributed by atoms with Gasteiger partial charge in [-0.3, -0.25) is 4.90 Å². The van der Waals surface area contributed by atoms with Crippen LogP contribution in [0.15, 0.2) is 29.6 Å². The van der Waals surface area contributed by atoms with Crippen LogP contribution < -0.4 is 9.64 Å². The number of aryl methyl sites for hydroxylation is 1. The summed E-state index contributed by atoms with van der Waals surface area (Å²) < 4.78 is 5.31. The SMILES string of the molecule is CCc1nc(CN2CCN(c3cccc(OC)c3)CC2)cs1. The quantitative estimate of drug-likeness (QED) is 0.847. The highest BCUT2D eigenvalue weighted by molar-refractivity contribution is 7.09. The zero-order chi connectivity index (χ0) is 15.4. The molecule has 0 saturated carbocycles. The Balaban J connectivity index is 1.55. The highest BCUT2D eigenvalue weighted by Crippen LogP contribution is 2.22. The fourth-order valence-electron chi connectivity index (χ4n) is 2.78. The number of methoxy groups -OCH3 is 1. The number of piperazine rings is 1. The minimum absolute atomic E-state index is 0.925. The highest BCUT2D eigenvalue weighted by atomic mass is 32.1. The lowest BCUT2D eigenvalue weighted by Gasteiger charge is -2.35. The largest absolute Gasteiger partial charge is 0.497 e. The van der Waals surface area contributed by atoms with E-state index in [1.54, 1.807) is 18.4 Å². The summed E-state index contributed by atoms with van der Waals surface area (Å²) >= 11 is 1.78. The highest BCUT2D eigenvalue weighted by Gasteiger charge is 2.18. The van der Waals surface area contributed by atoms with Gasteiger partial charge in [-0.2, -0.15) is 0 Å². The number of nitrogens with zero attached hydrogens (tertiary/aromatic N) is 3. The van der Waals surface area contributed by atoms with Gasteiger partial charge >= 0.3 is 0 Å². The van der Waals surface area contributed by atoms with E-state index in [2.05, 4.69) is 45.3 Å². The van der Waals surface area contributed by atoms with Crippen LogP contribution in [0, 0.1) is 0 Å². The van der Waals surface area contributed by atoms with E-state index in [0.717, 1.165) is 44.9 Å². The Morgan fingerprint density at radius 1 is 1.23 bits per heavy atom. The molecule has 1 aliphatic rings. The first-order valence-electron chi connectivity index (χ1n) is 7.83. The molecule has 2 heterocycles. The number of hydrogen-bond donors (Lipinski definition) is 0. The maximum absolute atomic E-state index is 5.31. The summed E-state index contributed by atoms with van der Waals surface area (Å²) in [5.74, 6) is 0.925. The van der Waals surface area contributed by atoms with Crippen LogP contribution in [0.3, 0.4) is 0 Å². The molecule has 0 N–H and O–H groups in total. The van der Waals surface area contributed by atoms with Gasteiger partial charge in [-0.05, 0) is 18.6 Å². The van der Waals surface area contributed by atoms with E-state index in [4.69, 9.17) is 4.74 Å². The molecule has 0 aliphatic carbocycles. The number of hydrogen-bond acceptors (Lipinski definition) is 5. The summed E-state index contributed by atoms with van der Waals surface area (Å²) in [7, 11) is 1.72. The molecule has 3 rings (SSSR count). The Morgan fingerprint density at radius 3 is 2.73 bits per heavy atom. The smallest absolute Gasteiger partial charge is 0.120 e. The van der Waals surface area contributed by atoms with Gasteiger partial charge < -0.3 is 9.64 Å². The van der Waals surface area contributed by atoms with E-state index in [1.807, 2.05) is 6.07 Å². The van der Waals surface area contributed by atoms with Crippen LogP contribution in [0.2, 0.25) is 0 Å². The molecule has 4 nitrogen and oxygen atoms in total. The zero-order valence-corrected chi connectivity index (χ0v) is 14.1. The van der Waals surface area contributed by atoms with Crippen molar-refractivity contribution in [3.8, 4) is 5.75 Å². The molecule has 0 amide bonds. The molecule has 1 aromatic heterocycles. The van der Waals surface area contributed by atoms with Crippen LogP contribution in [0.4, 0.5) is 5.69 Å². The average Bonchev–Trinajstić information content (AvgIpc) is 3.03. The normalized spacial score (nSPS) is 16.0. The molecule has 1 fully saturated rings. The van der Waals surface area contributed by atoms with Gasteiger partial charge in [0, 0.05) is 49.9 Å². The van der Waals surface area contributed by atoms with E-state index in [9.17, 15) is 0 Å². The first kappa shape index (κ1) is 15.3. The third-order valence-electron chi connectivity index (χ3n) is 4.08. The van der Waals surface area contributed by atoms with Gasteiger partial charge in [0.05, 0.1) is 17.8 Å². The number of ether oxygens (including phenoxy) is 1. The average molecular weight is 317 g/mol. The van der Waals surface area contributed by atoms with Crippen LogP contribution in [-0.2, 0) is 13.0 Å². The van der Waals surface area contributed by atoms with E-state index in [0.29, 0.717) is 0 Å². The first-order valence-corrected chi connectivity index (χ1v) is 8.71. The second kappa shape index (κ2) is 7.11. The lowest BCUT2D eigenvalue weighted by molar-refractivity contribution is 0.247. The molecule has 118 valence electrons. The fraction of sp³-hybridized carbons (Fsp3) is 0.471. The van der Waals surface area contributed by atoms with Crippen molar-refractivity contribution < 1.29 is 4.74 Å². The summed E-state index contributed by atoms with van der Waals surface area (Å²) in [5, 5.41) is 3.44. The van der Waals surface area contributed by atoms with E-state index < -0.39 is 0 Å². The zero-order valence-electron chi connectivity index (χ0n) is 13.3. The predicted octanol–water partition coefficient (Wildman–Crippen LogP) is 3.04. The third kappa shape index (κ3) is 3.59. The number of aromatic nitrogens is 1. The first-order chi connectivity index (χ1) is 10.8. The Kier molecular flexibility index (Phi) is 4.95. The molecule has 0 bridgehead atoms. The van der Waals surface area contributed by atoms with E-state index in [1.165, 1.54) is 16.4 Å². The molecular formula is C17H23N3OS. The predicted molar refractivity (Wildman–Crippen MR) is 92.0 cm³/mol. The Labute approximate surface area is 136 Å². The Bertz CT molecular complexity index is 605. The number of anilines is 1. The van der Waals surface area contributed by atoms with Gasteiger partial charge in [0.25, 0.3) is 0 Å². The molecule has 0 atom stereocenters. The summed E-state index contributed by atoms with van der Waals surface area (Å²) in [6, 6.07) is 8.32. The summed E-state index contributed by atoms with van der Waals surface area (Å²) in [4.78, 5) is 9.59. The second-order valence-corrected chi connectivity index (χ2v) is 6.49. The fourth-order valence-corrected chi connectivity index (χ4v) is 3.52. The second-order valence-electron chi connectivity index (χ2n) is 5.55. The number of benzene rings is 1. The van der Waals surface area contributed by atoms with Crippen LogP contribution in [0.25, 0.3) is 0 Å². The van der Waals surface area contributed by atoms with E-state index >= 15 is 0 Å². The topological polar surface area (TPSA) is 28.6 Å². The lowest BCUT2D eigenvalue weighted by atomic mass is 10.2. The Hall–Kier alpha value is -1.59. The molecule has 5 heteroatoms. The van der Waals surface area contributed by atoms with Crippen molar-refractivity contribution in [2.75, 3.05) is 38.2 Å². The van der Waals surface area contributed by atoms with Crippen molar-refractivity contribution in [1.29, 1.82) is 0 Å². The van der Waals surface area contributed by atoms with Gasteiger partial charge in [-0.15, -0.1) is 11.3 Å². The molecular weight excluding hydrogens is 294 g/mol. The third-order valence-corrected chi connectivity index (χ3v) is 5.12. The molecule has 0 spiro atoms. The van der Waals surface area contributed by atoms with Crippen molar-refractivity contribution in [3.63, 3.8) is 0 Å². The van der Waals surface area contributed by atoms with Crippen molar-refractivity contribution >= 4 is 17.0 Å². The summed E-state index contributed by atoms with van der Waals surface area (Å²) in [6.07, 6.45) is 1.04. The van der Waals surface area contributed by atoms with Crippen molar-refractivity contribution in [2.24, 2.45) is 0 Å². The van der Waals surface area contributed by atoms with Gasteiger partial charge in [0.2, 0.25) is 0 Å². The number of thiazole rings is 1. The molecule has 0 unspecified atom stereocenters. The minimum Gasteiger partial charge on any atom is -0.497 e. The standard InChI is InChI=1S/C17H23N3OS/c1-3-17-18-14(13-22-17)12-19-7-9-20(10-8-19)15-5-4-6-16(11-15)21-2/h4-6,11,13H,3,7-10,12H2,1-2H3. The van der Waals surface area contributed by atoms with Gasteiger partial charge in [-0.1, -0.05) is 13.0 Å². The number of rotatable bonds is 5. The molecule has 1 aromatic carbocycles. The monoisotopic (exact) mass is 317 g/mol. The van der Waals surface area contributed by atoms with Gasteiger partial charge in [0.1, 0.15) is 5.75 Å². The summed E-state index contributed by atoms with van der Waals surface area (Å²) in [5.41, 5.74) is 2.47. The van der Waals surface area contributed by atoms with Crippen LogP contribution in [-0.4, -0.2) is 43.2 Å². The van der Waals surface area contributed by atoms with E-state index in [-0.39, 0.29) is 0 Å². The lowest BCUT2D eigenvalue weighted by Crippen LogP contribution is -2.46. The molecule has 0 radical (unpaired) electrons. The van der Waals surface area contributed by atoms with Crippen molar-refractivity contribution in [3.05, 3.63) is 40.3 Å². The summed E-state index contributed by atoms with van der Waals surface area (Å²) in [6.45, 7) is 7.40. The van der Waals surface area contributed by atoms with Crippen molar-refractivity contribution in [1.82, 2.24) is 9.88 Å². The Morgan fingerprint density at radius 2 is 2.05 bits per heavy atom. The molecule has 1 saturated heterocycles. The maximum Gasteiger partial charge on any atom is 0.120 e. The van der Waals surface area contributed by atoms with Crippen LogP contribution >= 0.6 is 11.3 Å².